The van der Waals surface area contributed by atoms with Crippen molar-refractivity contribution in [3.8, 4) is 17.6 Å². The smallest absolute Gasteiger partial charge is 0.163 e. The minimum absolute atomic E-state index is 0.324. The summed E-state index contributed by atoms with van der Waals surface area (Å²) < 4.78 is 23.6. The average Bonchev–Trinajstić information content (AvgIpc) is 2.31. The predicted molar refractivity (Wildman–Crippen MR) is 58.1 cm³/mol. The van der Waals surface area contributed by atoms with Gasteiger partial charge in [0.2, 0.25) is 0 Å². The number of unbranched alkanes of at least 4 members (excludes halogenated alkanes) is 1. The molecule has 86 valence electrons. The third kappa shape index (κ3) is 2.86. The molecule has 0 saturated carbocycles. The van der Waals surface area contributed by atoms with Gasteiger partial charge in [0.15, 0.2) is 11.5 Å². The Morgan fingerprint density at radius 2 is 1.88 bits per heavy atom. The van der Waals surface area contributed by atoms with Gasteiger partial charge in [-0.15, -0.1) is 0 Å². The molecule has 0 fully saturated rings. The van der Waals surface area contributed by atoms with Gasteiger partial charge in [-0.05, 0) is 24.5 Å². The largest absolute Gasteiger partial charge is 0.493 e. The van der Waals surface area contributed by atoms with Gasteiger partial charge in [-0.25, -0.2) is 4.39 Å². The van der Waals surface area contributed by atoms with E-state index in [1.54, 1.807) is 6.07 Å². The third-order valence-electron chi connectivity index (χ3n) is 2.29. The van der Waals surface area contributed by atoms with Crippen molar-refractivity contribution >= 4 is 0 Å². The summed E-state index contributed by atoms with van der Waals surface area (Å²) in [6.07, 6.45) is 1.59. The van der Waals surface area contributed by atoms with Crippen molar-refractivity contribution in [1.29, 1.82) is 5.26 Å². The van der Waals surface area contributed by atoms with E-state index in [9.17, 15) is 4.39 Å². The number of rotatable bonds is 5. The topological polar surface area (TPSA) is 42.2 Å². The molecule has 1 rings (SSSR count). The minimum Gasteiger partial charge on any atom is -0.493 e. The summed E-state index contributed by atoms with van der Waals surface area (Å²) in [6.45, 7) is 0. The first-order chi connectivity index (χ1) is 7.72. The van der Waals surface area contributed by atoms with Crippen LogP contribution in [0.25, 0.3) is 0 Å². The Morgan fingerprint density at radius 1 is 1.25 bits per heavy atom. The van der Waals surface area contributed by atoms with Crippen LogP contribution in [0.4, 0.5) is 4.39 Å². The summed E-state index contributed by atoms with van der Waals surface area (Å²) in [5.74, 6) is 0.565. The molecule has 0 aromatic heterocycles. The summed E-state index contributed by atoms with van der Waals surface area (Å²) >= 11 is 0. The van der Waals surface area contributed by atoms with Gasteiger partial charge in [-0.1, -0.05) is 0 Å². The Labute approximate surface area is 94.4 Å². The van der Waals surface area contributed by atoms with E-state index in [-0.39, 0.29) is 5.82 Å². The van der Waals surface area contributed by atoms with Crippen LogP contribution in [0.2, 0.25) is 0 Å². The molecule has 0 atom stereocenters. The molecule has 1 aromatic carbocycles. The van der Waals surface area contributed by atoms with Gasteiger partial charge < -0.3 is 9.47 Å². The Balaban J connectivity index is 2.89. The second-order valence-corrected chi connectivity index (χ2v) is 3.31. The zero-order chi connectivity index (χ0) is 12.0. The van der Waals surface area contributed by atoms with Crippen molar-refractivity contribution < 1.29 is 13.9 Å². The van der Waals surface area contributed by atoms with Gasteiger partial charge in [0.1, 0.15) is 5.82 Å². The molecule has 0 aliphatic carbocycles. The summed E-state index contributed by atoms with van der Waals surface area (Å²) in [4.78, 5) is 0. The van der Waals surface area contributed by atoms with E-state index < -0.39 is 0 Å². The summed E-state index contributed by atoms with van der Waals surface area (Å²) in [6, 6.07) is 4.95. The maximum Gasteiger partial charge on any atom is 0.163 e. The molecule has 0 heterocycles. The molecule has 3 nitrogen and oxygen atoms in total. The van der Waals surface area contributed by atoms with Gasteiger partial charge in [-0.2, -0.15) is 5.26 Å². The molecule has 16 heavy (non-hydrogen) atoms. The van der Waals surface area contributed by atoms with E-state index in [4.69, 9.17) is 14.7 Å². The number of nitriles is 1. The van der Waals surface area contributed by atoms with Gasteiger partial charge in [-0.3, -0.25) is 0 Å². The van der Waals surface area contributed by atoms with E-state index in [1.165, 1.54) is 20.3 Å². The number of aryl methyl sites for hydroxylation is 1. The van der Waals surface area contributed by atoms with Crippen LogP contribution in [0.15, 0.2) is 12.1 Å². The van der Waals surface area contributed by atoms with Gasteiger partial charge >= 0.3 is 0 Å². The maximum absolute atomic E-state index is 13.6. The molecule has 0 unspecified atom stereocenters. The molecule has 1 aromatic rings. The first kappa shape index (κ1) is 12.3. The second kappa shape index (κ2) is 5.96. The van der Waals surface area contributed by atoms with Gasteiger partial charge in [0, 0.05) is 12.5 Å². The molecular weight excluding hydrogens is 209 g/mol. The van der Waals surface area contributed by atoms with Crippen molar-refractivity contribution in [2.75, 3.05) is 14.2 Å². The highest BCUT2D eigenvalue weighted by Crippen LogP contribution is 2.30. The molecule has 0 aliphatic heterocycles. The molecule has 4 heteroatoms. The number of hydrogen-bond donors (Lipinski definition) is 0. The van der Waals surface area contributed by atoms with Crippen molar-refractivity contribution in [2.45, 2.75) is 19.3 Å². The minimum atomic E-state index is -0.324. The quantitative estimate of drug-likeness (QED) is 0.721. The molecule has 0 saturated heterocycles. The fourth-order valence-corrected chi connectivity index (χ4v) is 1.45. The van der Waals surface area contributed by atoms with Crippen LogP contribution in [-0.4, -0.2) is 14.2 Å². The molecule has 0 bridgehead atoms. The predicted octanol–water partition coefficient (Wildman–Crippen LogP) is 2.69. The van der Waals surface area contributed by atoms with Gasteiger partial charge in [0.05, 0.1) is 20.3 Å². The van der Waals surface area contributed by atoms with Crippen LogP contribution < -0.4 is 9.47 Å². The van der Waals surface area contributed by atoms with Crippen molar-refractivity contribution in [2.24, 2.45) is 0 Å². The van der Waals surface area contributed by atoms with Crippen LogP contribution in [-0.2, 0) is 6.42 Å². The average molecular weight is 223 g/mol. The monoisotopic (exact) mass is 223 g/mol. The van der Waals surface area contributed by atoms with E-state index in [0.717, 1.165) is 0 Å². The number of methoxy groups -OCH3 is 2. The van der Waals surface area contributed by atoms with Crippen LogP contribution in [0, 0.1) is 17.1 Å². The summed E-state index contributed by atoms with van der Waals surface area (Å²) in [5.41, 5.74) is 0.549. The number of benzene rings is 1. The molecule has 0 radical (unpaired) electrons. The molecular formula is C12H14FNO2. The van der Waals surface area contributed by atoms with E-state index >= 15 is 0 Å². The first-order valence-corrected chi connectivity index (χ1v) is 5.00. The normalized spacial score (nSPS) is 9.62. The maximum atomic E-state index is 13.6. The number of hydrogen-bond acceptors (Lipinski definition) is 3. The lowest BCUT2D eigenvalue weighted by molar-refractivity contribution is 0.351. The van der Waals surface area contributed by atoms with Gasteiger partial charge in [0.25, 0.3) is 0 Å². The highest BCUT2D eigenvalue weighted by Gasteiger charge is 2.10. The Bertz CT molecular complexity index is 399. The lowest BCUT2D eigenvalue weighted by atomic mass is 10.1. The highest BCUT2D eigenvalue weighted by molar-refractivity contribution is 5.43. The lowest BCUT2D eigenvalue weighted by Crippen LogP contribution is -1.96. The van der Waals surface area contributed by atoms with E-state index in [0.29, 0.717) is 36.3 Å². The Morgan fingerprint density at radius 3 is 2.44 bits per heavy atom. The standard InChI is InChI=1S/C12H14FNO2/c1-15-11-7-9(5-3-4-6-14)10(13)8-12(11)16-2/h7-8H,3-5H2,1-2H3. The third-order valence-corrected chi connectivity index (χ3v) is 2.29. The molecule has 0 aliphatic rings. The van der Waals surface area contributed by atoms with Crippen molar-refractivity contribution in [3.05, 3.63) is 23.5 Å². The van der Waals surface area contributed by atoms with Crippen molar-refractivity contribution in [1.82, 2.24) is 0 Å². The number of halogens is 1. The highest BCUT2D eigenvalue weighted by atomic mass is 19.1. The fraction of sp³-hybridized carbons (Fsp3) is 0.417. The second-order valence-electron chi connectivity index (χ2n) is 3.31. The zero-order valence-corrected chi connectivity index (χ0v) is 9.42. The lowest BCUT2D eigenvalue weighted by Gasteiger charge is -2.10. The van der Waals surface area contributed by atoms with Crippen LogP contribution >= 0.6 is 0 Å². The van der Waals surface area contributed by atoms with E-state index in [1.807, 2.05) is 6.07 Å². The van der Waals surface area contributed by atoms with Crippen LogP contribution in [0.5, 0.6) is 11.5 Å². The molecule has 0 N–H and O–H groups in total. The SMILES string of the molecule is COc1cc(F)c(CCCC#N)cc1OC. The number of ether oxygens (including phenoxy) is 2. The fourth-order valence-electron chi connectivity index (χ4n) is 1.45. The van der Waals surface area contributed by atoms with Crippen molar-refractivity contribution in [3.63, 3.8) is 0 Å². The van der Waals surface area contributed by atoms with E-state index in [2.05, 4.69) is 0 Å². The summed E-state index contributed by atoms with van der Waals surface area (Å²) in [7, 11) is 2.97. The first-order valence-electron chi connectivity index (χ1n) is 5.00. The number of nitrogens with zero attached hydrogens (tertiary/aromatic N) is 1. The molecule has 0 amide bonds. The molecule has 0 spiro atoms. The van der Waals surface area contributed by atoms with Crippen LogP contribution in [0.1, 0.15) is 18.4 Å². The van der Waals surface area contributed by atoms with Crippen LogP contribution in [0.3, 0.4) is 0 Å². The Hall–Kier alpha value is -1.76. The Kier molecular flexibility index (Phi) is 4.59. The summed E-state index contributed by atoms with van der Waals surface area (Å²) in [5, 5.41) is 8.41. The zero-order valence-electron chi connectivity index (χ0n) is 9.42.